The van der Waals surface area contributed by atoms with Gasteiger partial charge in [0, 0.05) is 19.3 Å². The van der Waals surface area contributed by atoms with Crippen molar-refractivity contribution >= 4 is 23.5 Å². The van der Waals surface area contributed by atoms with Crippen molar-refractivity contribution in [1.29, 1.82) is 0 Å². The maximum atomic E-state index is 12.4. The average Bonchev–Trinajstić information content (AvgIpc) is 2.76. The normalized spacial score (nSPS) is 23.2. The van der Waals surface area contributed by atoms with E-state index in [1.54, 1.807) is 0 Å². The Hall–Kier alpha value is -3.10. The first kappa shape index (κ1) is 24.2. The smallest absolute Gasteiger partial charge is 0.339 e. The van der Waals surface area contributed by atoms with E-state index < -0.39 is 24.1 Å². The number of benzene rings is 1. The SMILES string of the molecule is C=C1CC(=C)C(=O)CCC(O)COC(=O)c2ccccc2C(=O)OCC(O)CCC1=O. The van der Waals surface area contributed by atoms with Crippen molar-refractivity contribution in [1.82, 2.24) is 0 Å². The Morgan fingerprint density at radius 3 is 1.52 bits per heavy atom. The number of rotatable bonds is 0. The van der Waals surface area contributed by atoms with Gasteiger partial charge >= 0.3 is 11.9 Å². The molecule has 0 saturated heterocycles. The Morgan fingerprint density at radius 1 is 0.742 bits per heavy atom. The summed E-state index contributed by atoms with van der Waals surface area (Å²) in [4.78, 5) is 49.1. The number of fused-ring (bicyclic) bond motifs is 1. The third-order valence-electron chi connectivity index (χ3n) is 4.81. The van der Waals surface area contributed by atoms with Crippen LogP contribution in [0, 0.1) is 0 Å². The highest BCUT2D eigenvalue weighted by molar-refractivity contribution is 6.03. The first-order chi connectivity index (χ1) is 14.7. The van der Waals surface area contributed by atoms with Crippen molar-refractivity contribution < 1.29 is 38.9 Å². The second kappa shape index (κ2) is 11.3. The lowest BCUT2D eigenvalue weighted by Crippen LogP contribution is -2.23. The lowest BCUT2D eigenvalue weighted by atomic mass is 9.96. The van der Waals surface area contributed by atoms with Crippen LogP contribution in [0.3, 0.4) is 0 Å². The van der Waals surface area contributed by atoms with Crippen LogP contribution >= 0.6 is 0 Å². The minimum absolute atomic E-state index is 0.0108. The molecular weight excluding hydrogens is 404 g/mol. The van der Waals surface area contributed by atoms with Crippen LogP contribution in [0.1, 0.15) is 52.8 Å². The first-order valence-electron chi connectivity index (χ1n) is 9.90. The van der Waals surface area contributed by atoms with Crippen molar-refractivity contribution in [3.05, 3.63) is 59.7 Å². The monoisotopic (exact) mass is 430 g/mol. The molecule has 2 atom stereocenters. The Morgan fingerprint density at radius 2 is 1.13 bits per heavy atom. The molecule has 31 heavy (non-hydrogen) atoms. The van der Waals surface area contributed by atoms with Gasteiger partial charge in [0.2, 0.25) is 0 Å². The summed E-state index contributed by atoms with van der Waals surface area (Å²) < 4.78 is 10.1. The molecule has 2 N–H and O–H groups in total. The van der Waals surface area contributed by atoms with Gasteiger partial charge in [0.05, 0.1) is 23.3 Å². The Balaban J connectivity index is 2.18. The summed E-state index contributed by atoms with van der Waals surface area (Å²) in [5, 5.41) is 20.1. The van der Waals surface area contributed by atoms with Crippen molar-refractivity contribution in [3.63, 3.8) is 0 Å². The molecule has 0 saturated carbocycles. The quantitative estimate of drug-likeness (QED) is 0.472. The Kier molecular flexibility index (Phi) is 8.84. The molecule has 166 valence electrons. The zero-order valence-corrected chi connectivity index (χ0v) is 17.2. The number of allylic oxidation sites excluding steroid dienone is 2. The summed E-state index contributed by atoms with van der Waals surface area (Å²) in [7, 11) is 0. The molecule has 2 unspecified atom stereocenters. The van der Waals surface area contributed by atoms with Crippen LogP contribution in [-0.2, 0) is 19.1 Å². The van der Waals surface area contributed by atoms with Crippen molar-refractivity contribution in [2.45, 2.75) is 44.3 Å². The van der Waals surface area contributed by atoms with Crippen LogP contribution in [0.2, 0.25) is 0 Å². The van der Waals surface area contributed by atoms with E-state index in [2.05, 4.69) is 13.2 Å². The molecule has 0 radical (unpaired) electrons. The van der Waals surface area contributed by atoms with E-state index in [-0.39, 0.29) is 79.2 Å². The molecule has 0 spiro atoms. The van der Waals surface area contributed by atoms with Gasteiger partial charge in [-0.15, -0.1) is 0 Å². The maximum absolute atomic E-state index is 12.4. The number of hydrogen-bond donors (Lipinski definition) is 2. The highest BCUT2D eigenvalue weighted by Gasteiger charge is 2.22. The molecule has 2 rings (SSSR count). The second-order valence-corrected chi connectivity index (χ2v) is 7.36. The predicted octanol–water partition coefficient (Wildman–Crippen LogP) is 1.94. The van der Waals surface area contributed by atoms with E-state index in [0.717, 1.165) is 0 Å². The third kappa shape index (κ3) is 7.27. The number of ketones is 2. The molecule has 0 bridgehead atoms. The fourth-order valence-electron chi connectivity index (χ4n) is 2.91. The van der Waals surface area contributed by atoms with Crippen molar-refractivity contribution in [3.8, 4) is 0 Å². The van der Waals surface area contributed by atoms with E-state index in [9.17, 15) is 29.4 Å². The van der Waals surface area contributed by atoms with E-state index in [1.165, 1.54) is 24.3 Å². The van der Waals surface area contributed by atoms with Gasteiger partial charge in [-0.3, -0.25) is 9.59 Å². The molecule has 1 heterocycles. The van der Waals surface area contributed by atoms with Gasteiger partial charge in [0.15, 0.2) is 11.6 Å². The zero-order chi connectivity index (χ0) is 23.0. The molecular formula is C23H26O8. The molecule has 1 aliphatic rings. The molecule has 1 aromatic rings. The fourth-order valence-corrected chi connectivity index (χ4v) is 2.91. The second-order valence-electron chi connectivity index (χ2n) is 7.36. The lowest BCUT2D eigenvalue weighted by molar-refractivity contribution is -0.116. The summed E-state index contributed by atoms with van der Waals surface area (Å²) in [5.74, 6) is -2.33. The van der Waals surface area contributed by atoms with Gasteiger partial charge in [-0.05, 0) is 36.1 Å². The topological polar surface area (TPSA) is 127 Å². The minimum Gasteiger partial charge on any atom is -0.459 e. The number of esters is 2. The predicted molar refractivity (Wildman–Crippen MR) is 110 cm³/mol. The number of hydrogen-bond acceptors (Lipinski definition) is 8. The standard InChI is InChI=1S/C23H26O8/c1-14-11-15(2)21(27)10-8-17(25)13-31-23(29)19-6-4-3-5-18(19)22(28)30-12-16(24)7-9-20(14)26/h3-6,16-17,24-25H,1-2,7-13H2. The van der Waals surface area contributed by atoms with Crippen molar-refractivity contribution in [2.24, 2.45) is 0 Å². The van der Waals surface area contributed by atoms with Gasteiger partial charge < -0.3 is 19.7 Å². The number of aliphatic hydroxyl groups excluding tert-OH is 2. The molecule has 1 aliphatic heterocycles. The number of carbonyl (C=O) groups excluding carboxylic acids is 4. The molecule has 0 fully saturated rings. The van der Waals surface area contributed by atoms with Gasteiger partial charge in [0.1, 0.15) is 13.2 Å². The Labute approximate surface area is 180 Å². The van der Waals surface area contributed by atoms with Gasteiger partial charge in [-0.2, -0.15) is 0 Å². The van der Waals surface area contributed by atoms with Crippen molar-refractivity contribution in [2.75, 3.05) is 13.2 Å². The van der Waals surface area contributed by atoms with Crippen LogP contribution < -0.4 is 0 Å². The van der Waals surface area contributed by atoms with Gasteiger partial charge in [-0.25, -0.2) is 9.59 Å². The summed E-state index contributed by atoms with van der Waals surface area (Å²) in [5.41, 5.74) is 0.263. The maximum Gasteiger partial charge on any atom is 0.339 e. The van der Waals surface area contributed by atoms with Crippen LogP contribution in [0.4, 0.5) is 0 Å². The molecule has 0 amide bonds. The van der Waals surface area contributed by atoms with Gasteiger partial charge in [-0.1, -0.05) is 25.3 Å². The van der Waals surface area contributed by atoms with Crippen LogP contribution in [0.15, 0.2) is 48.6 Å². The minimum atomic E-state index is -1.10. The fraction of sp³-hybridized carbons (Fsp3) is 0.391. The van der Waals surface area contributed by atoms with E-state index in [1.807, 2.05) is 0 Å². The van der Waals surface area contributed by atoms with Crippen LogP contribution in [0.25, 0.3) is 0 Å². The van der Waals surface area contributed by atoms with Gasteiger partial charge in [0.25, 0.3) is 0 Å². The number of cyclic esters (lactones) is 2. The summed E-state index contributed by atoms with van der Waals surface area (Å²) in [6.07, 6.45) is -2.23. The summed E-state index contributed by atoms with van der Waals surface area (Å²) >= 11 is 0. The van der Waals surface area contributed by atoms with E-state index in [4.69, 9.17) is 9.47 Å². The summed E-state index contributed by atoms with van der Waals surface area (Å²) in [6, 6.07) is 5.83. The largest absolute Gasteiger partial charge is 0.459 e. The summed E-state index contributed by atoms with van der Waals surface area (Å²) in [6.45, 7) is 6.61. The number of carbonyl (C=O) groups is 4. The zero-order valence-electron chi connectivity index (χ0n) is 17.2. The highest BCUT2D eigenvalue weighted by Crippen LogP contribution is 2.17. The Bertz CT molecular complexity index is 814. The number of Topliss-reactive ketones (excluding diaryl/α,β-unsaturated/α-hetero) is 2. The molecule has 1 aromatic carbocycles. The number of aliphatic hydroxyl groups is 2. The molecule has 8 nitrogen and oxygen atoms in total. The lowest BCUT2D eigenvalue weighted by Gasteiger charge is -2.13. The molecule has 0 aliphatic carbocycles. The third-order valence-corrected chi connectivity index (χ3v) is 4.81. The van der Waals surface area contributed by atoms with E-state index in [0.29, 0.717) is 0 Å². The highest BCUT2D eigenvalue weighted by atomic mass is 16.5. The van der Waals surface area contributed by atoms with Crippen LogP contribution in [0.5, 0.6) is 0 Å². The van der Waals surface area contributed by atoms with Crippen LogP contribution in [-0.4, -0.2) is 59.1 Å². The molecule has 8 heteroatoms. The number of ether oxygens (including phenoxy) is 2. The van der Waals surface area contributed by atoms with E-state index >= 15 is 0 Å². The first-order valence-corrected chi connectivity index (χ1v) is 9.90. The average molecular weight is 430 g/mol. The molecule has 0 aromatic heterocycles.